The predicted octanol–water partition coefficient (Wildman–Crippen LogP) is 16.6. The van der Waals surface area contributed by atoms with Crippen LogP contribution in [0.15, 0.2) is 146 Å². The van der Waals surface area contributed by atoms with Crippen LogP contribution in [0.1, 0.15) is 22.3 Å². The lowest BCUT2D eigenvalue weighted by Gasteiger charge is -2.17. The molecular formula is C60H24F8N4. The molecule has 12 heteroatoms. The van der Waals surface area contributed by atoms with E-state index in [1.165, 1.54) is 108 Å². The number of nitrogens with zero attached hydrogens (tertiary/aromatic N) is 4. The van der Waals surface area contributed by atoms with Gasteiger partial charge in [-0.2, -0.15) is 21.0 Å². The van der Waals surface area contributed by atoms with Crippen molar-refractivity contribution in [2.75, 3.05) is 0 Å². The molecule has 0 spiro atoms. The molecule has 0 unspecified atom stereocenters. The Hall–Kier alpha value is -9.88. The van der Waals surface area contributed by atoms with Crippen LogP contribution >= 0.6 is 0 Å². The molecule has 4 nitrogen and oxygen atoms in total. The lowest BCUT2D eigenvalue weighted by Crippen LogP contribution is -2.04. The summed E-state index contributed by atoms with van der Waals surface area (Å²) >= 11 is 0. The number of rotatable bonds is 0. The molecule has 0 amide bonds. The molecule has 340 valence electrons. The molecular weight excluding hydrogens is 929 g/mol. The summed E-state index contributed by atoms with van der Waals surface area (Å²) in [5, 5.41) is 60.4. The van der Waals surface area contributed by atoms with Gasteiger partial charge in [0.15, 0.2) is 46.5 Å². The van der Waals surface area contributed by atoms with Gasteiger partial charge in [-0.3, -0.25) is 0 Å². The maximum atomic E-state index is 12.9. The second kappa shape index (κ2) is 17.0. The van der Waals surface area contributed by atoms with Crippen molar-refractivity contribution in [3.8, 4) is 24.3 Å². The van der Waals surface area contributed by atoms with Crippen LogP contribution in [0, 0.1) is 91.9 Å². The molecule has 14 aromatic rings. The van der Waals surface area contributed by atoms with Crippen LogP contribution < -0.4 is 0 Å². The fourth-order valence-corrected chi connectivity index (χ4v) is 10.1. The third-order valence-electron chi connectivity index (χ3n) is 13.3. The van der Waals surface area contributed by atoms with Crippen LogP contribution in [0.3, 0.4) is 0 Å². The van der Waals surface area contributed by atoms with Gasteiger partial charge in [0.1, 0.15) is 46.5 Å². The quantitative estimate of drug-likeness (QED) is 0.0497. The SMILES string of the molecule is N#Cc1c(F)c(F)c(F)c(C#N)c1F.N#Cc1c(F)c(F)c(F)c(C#N)c1F.c1cc2ccc3ccc4ccc5cccc6c(c1)c2c3c4c56.c1cc2ccc3ccc4ccc5cccc6c(c1)c2c3c4c56. The first-order valence-electron chi connectivity index (χ1n) is 21.8. The highest BCUT2D eigenvalue weighted by Gasteiger charge is 2.26. The molecule has 0 radical (unpaired) electrons. The average Bonchev–Trinajstić information content (AvgIpc) is 3.41. The lowest BCUT2D eigenvalue weighted by atomic mass is 9.86. The Morgan fingerprint density at radius 1 is 0.208 bits per heavy atom. The van der Waals surface area contributed by atoms with Crippen LogP contribution in [0.4, 0.5) is 35.1 Å². The fourth-order valence-electron chi connectivity index (χ4n) is 10.1. The van der Waals surface area contributed by atoms with Crippen molar-refractivity contribution in [1.82, 2.24) is 0 Å². The van der Waals surface area contributed by atoms with E-state index in [2.05, 4.69) is 146 Å². The molecule has 0 atom stereocenters. The van der Waals surface area contributed by atoms with Crippen LogP contribution in [0.2, 0.25) is 0 Å². The zero-order chi connectivity index (χ0) is 50.3. The number of hydrogen-bond donors (Lipinski definition) is 0. The van der Waals surface area contributed by atoms with E-state index in [0.29, 0.717) is 0 Å². The van der Waals surface area contributed by atoms with Crippen molar-refractivity contribution >= 4 is 108 Å². The van der Waals surface area contributed by atoms with Gasteiger partial charge in [0, 0.05) is 0 Å². The number of nitriles is 4. The van der Waals surface area contributed by atoms with E-state index < -0.39 is 68.8 Å². The van der Waals surface area contributed by atoms with Crippen molar-refractivity contribution in [3.05, 3.63) is 214 Å². The molecule has 0 bridgehead atoms. The Morgan fingerprint density at radius 3 is 0.569 bits per heavy atom. The van der Waals surface area contributed by atoms with E-state index in [0.717, 1.165) is 24.3 Å². The summed E-state index contributed by atoms with van der Waals surface area (Å²) in [5.74, 6) is -15.2. The monoisotopic (exact) mass is 952 g/mol. The topological polar surface area (TPSA) is 95.2 Å². The molecule has 0 saturated carbocycles. The van der Waals surface area contributed by atoms with Crippen LogP contribution in [0.5, 0.6) is 0 Å². The Kier molecular flexibility index (Phi) is 10.5. The minimum atomic E-state index is -2.03. The molecule has 0 N–H and O–H groups in total. The Morgan fingerprint density at radius 2 is 0.389 bits per heavy atom. The summed E-state index contributed by atoms with van der Waals surface area (Å²) in [6.07, 6.45) is 0. The second-order valence-corrected chi connectivity index (χ2v) is 16.9. The highest BCUT2D eigenvalue weighted by Crippen LogP contribution is 2.46. The van der Waals surface area contributed by atoms with Gasteiger partial charge in [-0.25, -0.2) is 35.1 Å². The predicted molar refractivity (Wildman–Crippen MR) is 264 cm³/mol. The minimum absolute atomic E-state index is 0.999. The van der Waals surface area contributed by atoms with E-state index in [9.17, 15) is 35.1 Å². The largest absolute Gasteiger partial charge is 0.204 e. The Labute approximate surface area is 401 Å². The molecule has 0 aliphatic carbocycles. The van der Waals surface area contributed by atoms with Gasteiger partial charge in [0.2, 0.25) is 0 Å². The smallest absolute Gasteiger partial charge is 0.197 e. The second-order valence-electron chi connectivity index (χ2n) is 16.9. The van der Waals surface area contributed by atoms with Gasteiger partial charge in [-0.1, -0.05) is 146 Å². The summed E-state index contributed by atoms with van der Waals surface area (Å²) in [7, 11) is 0. The highest BCUT2D eigenvalue weighted by molar-refractivity contribution is 6.41. The third kappa shape index (κ3) is 6.48. The molecule has 72 heavy (non-hydrogen) atoms. The number of hydrogen-bond acceptors (Lipinski definition) is 4. The zero-order valence-corrected chi connectivity index (χ0v) is 36.7. The van der Waals surface area contributed by atoms with E-state index in [-0.39, 0.29) is 0 Å². The number of benzene rings is 14. The summed E-state index contributed by atoms with van der Waals surface area (Å²) in [4.78, 5) is 0. The standard InChI is InChI=1S/2C22H12.2C8F4N2/c2*1-3-13-7-9-15-11-12-16-10-8-14-4-2-6-18-17(5-1)19(13)21(15)22(16)20(14)18;2*9-5-3(1-13)6(10)8(12)7(11)4(5)2-14/h2*1-12H;;. The number of halogens is 8. The Balaban J connectivity index is 0.000000107. The first kappa shape index (κ1) is 44.6. The van der Waals surface area contributed by atoms with E-state index in [1.807, 2.05) is 0 Å². The van der Waals surface area contributed by atoms with Gasteiger partial charge in [0.25, 0.3) is 0 Å². The van der Waals surface area contributed by atoms with E-state index in [4.69, 9.17) is 21.0 Å². The van der Waals surface area contributed by atoms with E-state index in [1.54, 1.807) is 0 Å². The van der Waals surface area contributed by atoms with Gasteiger partial charge in [-0.15, -0.1) is 0 Å². The molecule has 0 aliphatic heterocycles. The van der Waals surface area contributed by atoms with Crippen LogP contribution in [-0.2, 0) is 0 Å². The molecule has 0 heterocycles. The fraction of sp³-hybridized carbons (Fsp3) is 0. The van der Waals surface area contributed by atoms with Gasteiger partial charge < -0.3 is 0 Å². The average molecular weight is 953 g/mol. The normalized spacial score (nSPS) is 11.3. The van der Waals surface area contributed by atoms with Crippen molar-refractivity contribution in [1.29, 1.82) is 21.0 Å². The van der Waals surface area contributed by atoms with Gasteiger partial charge in [-0.05, 0) is 108 Å². The summed E-state index contributed by atoms with van der Waals surface area (Å²) in [5.41, 5.74) is -5.22. The maximum Gasteiger partial charge on any atom is 0.197 e. The third-order valence-corrected chi connectivity index (χ3v) is 13.3. The Bertz CT molecular complexity index is 4120. The lowest BCUT2D eigenvalue weighted by molar-refractivity contribution is 0.429. The van der Waals surface area contributed by atoms with Crippen molar-refractivity contribution in [2.24, 2.45) is 0 Å². The molecule has 0 aromatic heterocycles. The van der Waals surface area contributed by atoms with Crippen molar-refractivity contribution < 1.29 is 35.1 Å². The highest BCUT2D eigenvalue weighted by atomic mass is 19.2. The first-order valence-corrected chi connectivity index (χ1v) is 21.8. The van der Waals surface area contributed by atoms with Crippen molar-refractivity contribution in [2.45, 2.75) is 0 Å². The first-order chi connectivity index (χ1) is 34.9. The molecule has 0 saturated heterocycles. The minimum Gasteiger partial charge on any atom is -0.204 e. The van der Waals surface area contributed by atoms with E-state index >= 15 is 0 Å². The zero-order valence-electron chi connectivity index (χ0n) is 36.7. The van der Waals surface area contributed by atoms with Crippen LogP contribution in [0.25, 0.3) is 108 Å². The summed E-state index contributed by atoms with van der Waals surface area (Å²) in [6, 6.07) is 57.8. The van der Waals surface area contributed by atoms with Crippen molar-refractivity contribution in [3.63, 3.8) is 0 Å². The summed E-state index contributed by atoms with van der Waals surface area (Å²) < 4.78 is 102. The molecule has 0 fully saturated rings. The molecule has 14 aromatic carbocycles. The maximum absolute atomic E-state index is 12.9. The molecule has 0 aliphatic rings. The molecule has 14 rings (SSSR count). The van der Waals surface area contributed by atoms with Crippen LogP contribution in [-0.4, -0.2) is 0 Å². The van der Waals surface area contributed by atoms with Gasteiger partial charge in [0.05, 0.1) is 0 Å². The van der Waals surface area contributed by atoms with Gasteiger partial charge >= 0.3 is 0 Å². The summed E-state index contributed by atoms with van der Waals surface area (Å²) in [6.45, 7) is 0. The number of fused-ring (bicyclic) bond motifs is 2.